The number of benzene rings is 3. The van der Waals surface area contributed by atoms with Crippen LogP contribution in [-0.4, -0.2) is 24.2 Å². The highest BCUT2D eigenvalue weighted by atomic mass is 16.5. The average molecular weight is 379 g/mol. The predicted molar refractivity (Wildman–Crippen MR) is 105 cm³/mol. The molecule has 3 aromatic rings. The van der Waals surface area contributed by atoms with Crippen molar-refractivity contribution in [3.8, 4) is 5.75 Å². The van der Waals surface area contributed by atoms with Gasteiger partial charge in [0.05, 0.1) is 19.2 Å². The maximum atomic E-state index is 12.0. The normalized spacial score (nSPS) is 10.5. The topological polar surface area (TPSA) is 76.1 Å². The number of carbonyl (C=O) groups excluding carboxylic acids is 2. The Morgan fingerprint density at radius 1 is 0.929 bits per heavy atom. The highest BCUT2D eigenvalue weighted by Crippen LogP contribution is 2.23. The number of ether oxygens (including phenoxy) is 2. The van der Waals surface area contributed by atoms with E-state index in [2.05, 4.69) is 16.9 Å². The molecular weight excluding hydrogens is 358 g/mol. The molecule has 0 saturated heterocycles. The molecule has 28 heavy (non-hydrogen) atoms. The average Bonchev–Trinajstić information content (AvgIpc) is 2.75. The summed E-state index contributed by atoms with van der Waals surface area (Å²) in [5, 5.41) is 12.9. The number of hydrogen-bond donors (Lipinski definition) is 1. The van der Waals surface area contributed by atoms with Crippen molar-refractivity contribution in [3.05, 3.63) is 72.3 Å². The molecule has 1 amide bonds. The molecule has 0 aliphatic carbocycles. The van der Waals surface area contributed by atoms with Gasteiger partial charge in [-0.05, 0) is 34.5 Å². The van der Waals surface area contributed by atoms with Crippen molar-refractivity contribution in [2.75, 3.05) is 12.2 Å². The van der Waals surface area contributed by atoms with Crippen molar-refractivity contribution in [3.63, 3.8) is 0 Å². The fourth-order valence-electron chi connectivity index (χ4n) is 2.76. The zero-order valence-corrected chi connectivity index (χ0v) is 15.5. The van der Waals surface area contributed by atoms with Gasteiger partial charge in [-0.2, -0.15) is 5.06 Å². The number of hydrogen-bond acceptors (Lipinski definition) is 5. The number of rotatable bonds is 7. The molecule has 0 atom stereocenters. The Balaban J connectivity index is 1.63. The molecule has 6 heteroatoms. The van der Waals surface area contributed by atoms with Crippen molar-refractivity contribution < 1.29 is 24.3 Å². The summed E-state index contributed by atoms with van der Waals surface area (Å²) >= 11 is 0. The molecule has 0 heterocycles. The molecule has 0 radical (unpaired) electrons. The van der Waals surface area contributed by atoms with E-state index >= 15 is 0 Å². The van der Waals surface area contributed by atoms with Crippen LogP contribution in [0.5, 0.6) is 5.75 Å². The summed E-state index contributed by atoms with van der Waals surface area (Å²) in [6, 6.07) is 20.8. The Labute approximate surface area is 162 Å². The molecule has 3 rings (SSSR count). The molecule has 0 spiro atoms. The van der Waals surface area contributed by atoms with Crippen LogP contribution in [0.2, 0.25) is 0 Å². The molecular formula is C22H21NO5. The summed E-state index contributed by atoms with van der Waals surface area (Å²) in [7, 11) is 1.25. The fraction of sp³-hybridized carbons (Fsp3) is 0.182. The predicted octanol–water partition coefficient (Wildman–Crippen LogP) is 4.09. The van der Waals surface area contributed by atoms with Gasteiger partial charge in [0.1, 0.15) is 12.4 Å². The number of hydroxylamine groups is 1. The SMILES string of the molecule is COC(=O)CCC(=O)N(O)c1cccc(OCc2ccc3ccccc3c2)c1. The van der Waals surface area contributed by atoms with E-state index in [0.29, 0.717) is 17.4 Å². The van der Waals surface area contributed by atoms with Gasteiger partial charge in [-0.15, -0.1) is 0 Å². The van der Waals surface area contributed by atoms with Crippen molar-refractivity contribution in [1.82, 2.24) is 0 Å². The lowest BCUT2D eigenvalue weighted by molar-refractivity contribution is -0.142. The van der Waals surface area contributed by atoms with Crippen LogP contribution in [0.4, 0.5) is 5.69 Å². The zero-order chi connectivity index (χ0) is 19.9. The number of carbonyl (C=O) groups is 2. The van der Waals surface area contributed by atoms with Gasteiger partial charge in [0.25, 0.3) is 5.91 Å². The van der Waals surface area contributed by atoms with Gasteiger partial charge in [0, 0.05) is 12.5 Å². The Bertz CT molecular complexity index is 985. The van der Waals surface area contributed by atoms with E-state index in [1.165, 1.54) is 7.11 Å². The number of anilines is 1. The number of esters is 1. The van der Waals surface area contributed by atoms with Gasteiger partial charge < -0.3 is 9.47 Å². The Hall–Kier alpha value is -3.38. The van der Waals surface area contributed by atoms with Gasteiger partial charge in [-0.25, -0.2) is 0 Å². The highest BCUT2D eigenvalue weighted by Gasteiger charge is 2.15. The van der Waals surface area contributed by atoms with Crippen LogP contribution in [0.3, 0.4) is 0 Å². The lowest BCUT2D eigenvalue weighted by atomic mass is 10.1. The molecule has 0 unspecified atom stereocenters. The first kappa shape index (κ1) is 19.4. The second-order valence-electron chi connectivity index (χ2n) is 6.25. The van der Waals surface area contributed by atoms with Crippen LogP contribution in [0, 0.1) is 0 Å². The number of nitrogens with zero attached hydrogens (tertiary/aromatic N) is 1. The first-order chi connectivity index (χ1) is 13.6. The maximum Gasteiger partial charge on any atom is 0.306 e. The van der Waals surface area contributed by atoms with Gasteiger partial charge in [-0.1, -0.05) is 42.5 Å². The highest BCUT2D eigenvalue weighted by molar-refractivity contribution is 5.93. The van der Waals surface area contributed by atoms with Crippen molar-refractivity contribution in [2.45, 2.75) is 19.4 Å². The third kappa shape index (κ3) is 4.86. The number of fused-ring (bicyclic) bond motifs is 1. The summed E-state index contributed by atoms with van der Waals surface area (Å²) in [4.78, 5) is 23.1. The van der Waals surface area contributed by atoms with E-state index in [-0.39, 0.29) is 18.5 Å². The quantitative estimate of drug-likeness (QED) is 0.380. The summed E-state index contributed by atoms with van der Waals surface area (Å²) in [5.41, 5.74) is 1.28. The van der Waals surface area contributed by atoms with E-state index in [4.69, 9.17) is 4.74 Å². The molecule has 0 fully saturated rings. The van der Waals surface area contributed by atoms with Crippen LogP contribution in [0.25, 0.3) is 10.8 Å². The summed E-state index contributed by atoms with van der Waals surface area (Å²) in [6.07, 6.45) is -0.240. The van der Waals surface area contributed by atoms with Crippen LogP contribution >= 0.6 is 0 Å². The van der Waals surface area contributed by atoms with Gasteiger partial charge in [0.15, 0.2) is 0 Å². The van der Waals surface area contributed by atoms with Gasteiger partial charge >= 0.3 is 5.97 Å². The van der Waals surface area contributed by atoms with E-state index in [0.717, 1.165) is 16.3 Å². The standard InChI is InChI=1S/C22H21NO5/c1-27-22(25)12-11-21(24)23(26)19-7-4-8-20(14-19)28-15-16-9-10-17-5-2-3-6-18(17)13-16/h2-10,13-14,26H,11-12,15H2,1H3. The molecule has 1 N–H and O–H groups in total. The van der Waals surface area contributed by atoms with E-state index in [9.17, 15) is 14.8 Å². The maximum absolute atomic E-state index is 12.0. The molecule has 0 aliphatic heterocycles. The number of amides is 1. The van der Waals surface area contributed by atoms with Crippen LogP contribution in [0.1, 0.15) is 18.4 Å². The largest absolute Gasteiger partial charge is 0.489 e. The third-order valence-corrected chi connectivity index (χ3v) is 4.29. The van der Waals surface area contributed by atoms with Gasteiger partial charge in [0.2, 0.25) is 0 Å². The molecule has 144 valence electrons. The minimum Gasteiger partial charge on any atom is -0.489 e. The molecule has 0 saturated carbocycles. The second kappa shape index (κ2) is 9.01. The first-order valence-electron chi connectivity index (χ1n) is 8.86. The summed E-state index contributed by atoms with van der Waals surface area (Å²) in [5.74, 6) is -0.586. The first-order valence-corrected chi connectivity index (χ1v) is 8.86. The van der Waals surface area contributed by atoms with E-state index < -0.39 is 11.9 Å². The van der Waals surface area contributed by atoms with E-state index in [1.54, 1.807) is 24.3 Å². The molecule has 0 aliphatic rings. The van der Waals surface area contributed by atoms with Crippen LogP contribution < -0.4 is 9.80 Å². The van der Waals surface area contributed by atoms with Crippen LogP contribution in [-0.2, 0) is 20.9 Å². The Morgan fingerprint density at radius 3 is 2.50 bits per heavy atom. The van der Waals surface area contributed by atoms with Crippen molar-refractivity contribution in [1.29, 1.82) is 0 Å². The lowest BCUT2D eigenvalue weighted by Gasteiger charge is -2.16. The fourth-order valence-corrected chi connectivity index (χ4v) is 2.76. The third-order valence-electron chi connectivity index (χ3n) is 4.29. The van der Waals surface area contributed by atoms with Gasteiger partial charge in [-0.3, -0.25) is 14.8 Å². The number of methoxy groups -OCH3 is 1. The Kier molecular flexibility index (Phi) is 6.24. The minimum absolute atomic E-state index is 0.0927. The molecule has 0 bridgehead atoms. The van der Waals surface area contributed by atoms with Crippen molar-refractivity contribution >= 4 is 28.3 Å². The summed E-state index contributed by atoms with van der Waals surface area (Å²) < 4.78 is 10.3. The minimum atomic E-state index is -0.600. The summed E-state index contributed by atoms with van der Waals surface area (Å²) in [6.45, 7) is 0.357. The Morgan fingerprint density at radius 2 is 1.71 bits per heavy atom. The second-order valence-corrected chi connectivity index (χ2v) is 6.25. The molecule has 3 aromatic carbocycles. The van der Waals surface area contributed by atoms with E-state index in [1.807, 2.05) is 30.3 Å². The smallest absolute Gasteiger partial charge is 0.306 e. The van der Waals surface area contributed by atoms with Crippen molar-refractivity contribution in [2.24, 2.45) is 0 Å². The molecule has 6 nitrogen and oxygen atoms in total. The zero-order valence-electron chi connectivity index (χ0n) is 15.5. The monoisotopic (exact) mass is 379 g/mol. The van der Waals surface area contributed by atoms with Crippen LogP contribution in [0.15, 0.2) is 66.7 Å². The lowest BCUT2D eigenvalue weighted by Crippen LogP contribution is -2.27. The molecule has 0 aromatic heterocycles.